The molecule has 1 fully saturated rings. The topological polar surface area (TPSA) is 55.4 Å². The van der Waals surface area contributed by atoms with Crippen LogP contribution < -0.4 is 5.32 Å². The lowest BCUT2D eigenvalue weighted by Crippen LogP contribution is -2.19. The predicted molar refractivity (Wildman–Crippen MR) is 87.4 cm³/mol. The van der Waals surface area contributed by atoms with E-state index in [1.165, 1.54) is 4.88 Å². The quantitative estimate of drug-likeness (QED) is 0.859. The van der Waals surface area contributed by atoms with Gasteiger partial charge in [-0.1, -0.05) is 6.92 Å². The number of nitrogens with one attached hydrogen (secondary N) is 1. The SMILES string of the molecule is CC(C)OC(=O)c1c(NC(=O)C2CC2)sc2c1CC[C@H](C)C2. The van der Waals surface area contributed by atoms with E-state index in [1.807, 2.05) is 13.8 Å². The first-order chi connectivity index (χ1) is 10.5. The summed E-state index contributed by atoms with van der Waals surface area (Å²) in [4.78, 5) is 25.8. The summed E-state index contributed by atoms with van der Waals surface area (Å²) in [5.41, 5.74) is 1.70. The molecule has 3 rings (SSSR count). The number of esters is 1. The van der Waals surface area contributed by atoms with Crippen molar-refractivity contribution in [3.63, 3.8) is 0 Å². The van der Waals surface area contributed by atoms with E-state index in [9.17, 15) is 9.59 Å². The fourth-order valence-corrected chi connectivity index (χ4v) is 4.29. The molecule has 1 atom stereocenters. The second kappa shape index (κ2) is 6.03. The summed E-state index contributed by atoms with van der Waals surface area (Å²) in [6.07, 6.45) is 4.73. The Bertz CT molecular complexity index is 601. The highest BCUT2D eigenvalue weighted by Gasteiger charge is 2.33. The molecule has 0 aromatic carbocycles. The lowest BCUT2D eigenvalue weighted by molar-refractivity contribution is -0.117. The molecule has 0 aliphatic heterocycles. The molecule has 22 heavy (non-hydrogen) atoms. The van der Waals surface area contributed by atoms with Crippen molar-refractivity contribution in [3.05, 3.63) is 16.0 Å². The molecule has 0 spiro atoms. The average molecular weight is 321 g/mol. The first-order valence-corrected chi connectivity index (χ1v) is 8.93. The smallest absolute Gasteiger partial charge is 0.341 e. The van der Waals surface area contributed by atoms with Crippen LogP contribution in [0.3, 0.4) is 0 Å². The Hall–Kier alpha value is -1.36. The number of fused-ring (bicyclic) bond motifs is 1. The van der Waals surface area contributed by atoms with Crippen molar-refractivity contribution < 1.29 is 14.3 Å². The first-order valence-electron chi connectivity index (χ1n) is 8.12. The largest absolute Gasteiger partial charge is 0.459 e. The van der Waals surface area contributed by atoms with E-state index in [2.05, 4.69) is 12.2 Å². The lowest BCUT2D eigenvalue weighted by atomic mass is 9.88. The zero-order valence-corrected chi connectivity index (χ0v) is 14.2. The molecule has 0 bridgehead atoms. The third-order valence-corrected chi connectivity index (χ3v) is 5.41. The van der Waals surface area contributed by atoms with Crippen molar-refractivity contribution >= 4 is 28.2 Å². The molecule has 1 N–H and O–H groups in total. The second-order valence-electron chi connectivity index (χ2n) is 6.77. The Morgan fingerprint density at radius 2 is 2.00 bits per heavy atom. The van der Waals surface area contributed by atoms with E-state index >= 15 is 0 Å². The Balaban J connectivity index is 1.92. The van der Waals surface area contributed by atoms with Gasteiger partial charge in [0.05, 0.1) is 11.7 Å². The van der Waals surface area contributed by atoms with E-state index < -0.39 is 0 Å². The maximum absolute atomic E-state index is 12.5. The third kappa shape index (κ3) is 3.19. The van der Waals surface area contributed by atoms with Crippen LogP contribution in [-0.4, -0.2) is 18.0 Å². The van der Waals surface area contributed by atoms with Gasteiger partial charge >= 0.3 is 5.97 Å². The van der Waals surface area contributed by atoms with Crippen LogP contribution in [0.15, 0.2) is 0 Å². The zero-order valence-electron chi connectivity index (χ0n) is 13.4. The van der Waals surface area contributed by atoms with Crippen molar-refractivity contribution in [1.29, 1.82) is 0 Å². The summed E-state index contributed by atoms with van der Waals surface area (Å²) >= 11 is 1.56. The van der Waals surface area contributed by atoms with Crippen LogP contribution in [0.25, 0.3) is 0 Å². The van der Waals surface area contributed by atoms with Crippen LogP contribution in [0.1, 0.15) is 60.8 Å². The summed E-state index contributed by atoms with van der Waals surface area (Å²) < 4.78 is 5.40. The van der Waals surface area contributed by atoms with Crippen LogP contribution >= 0.6 is 11.3 Å². The number of rotatable bonds is 4. The maximum atomic E-state index is 12.5. The average Bonchev–Trinajstić information content (AvgIpc) is 3.20. The fraction of sp³-hybridized carbons (Fsp3) is 0.647. The van der Waals surface area contributed by atoms with Gasteiger partial charge < -0.3 is 10.1 Å². The minimum Gasteiger partial charge on any atom is -0.459 e. The summed E-state index contributed by atoms with van der Waals surface area (Å²) in [5, 5.41) is 3.67. The summed E-state index contributed by atoms with van der Waals surface area (Å²) in [6.45, 7) is 5.93. The van der Waals surface area contributed by atoms with Gasteiger partial charge in [-0.2, -0.15) is 0 Å². The van der Waals surface area contributed by atoms with Crippen molar-refractivity contribution in [3.8, 4) is 0 Å². The summed E-state index contributed by atoms with van der Waals surface area (Å²) in [6, 6.07) is 0. The van der Waals surface area contributed by atoms with E-state index in [0.717, 1.165) is 37.7 Å². The molecule has 0 saturated heterocycles. The van der Waals surface area contributed by atoms with Gasteiger partial charge in [-0.25, -0.2) is 4.79 Å². The van der Waals surface area contributed by atoms with Crippen LogP contribution in [-0.2, 0) is 22.4 Å². The fourth-order valence-electron chi connectivity index (χ4n) is 2.89. The molecule has 0 unspecified atom stereocenters. The number of carbonyl (C=O) groups is 2. The van der Waals surface area contributed by atoms with Crippen LogP contribution in [0.2, 0.25) is 0 Å². The molecule has 1 aromatic heterocycles. The number of carbonyl (C=O) groups excluding carboxylic acids is 2. The van der Waals surface area contributed by atoms with Crippen LogP contribution in [0, 0.1) is 11.8 Å². The minimum absolute atomic E-state index is 0.0465. The van der Waals surface area contributed by atoms with E-state index in [-0.39, 0.29) is 23.9 Å². The monoisotopic (exact) mass is 321 g/mol. The molecule has 5 heteroatoms. The van der Waals surface area contributed by atoms with Gasteiger partial charge in [0.1, 0.15) is 5.00 Å². The third-order valence-electron chi connectivity index (χ3n) is 4.24. The first kappa shape index (κ1) is 15.5. The Morgan fingerprint density at radius 1 is 1.27 bits per heavy atom. The van der Waals surface area contributed by atoms with Gasteiger partial charge in [0.15, 0.2) is 0 Å². The standard InChI is InChI=1S/C17H23NO3S/c1-9(2)21-17(20)14-12-7-4-10(3)8-13(12)22-16(14)18-15(19)11-5-6-11/h9-11H,4-8H2,1-3H3,(H,18,19)/t10-/m0/s1. The van der Waals surface area contributed by atoms with Gasteiger partial charge in [0, 0.05) is 10.8 Å². The number of anilines is 1. The molecule has 120 valence electrons. The van der Waals surface area contributed by atoms with Crippen molar-refractivity contribution in [1.82, 2.24) is 0 Å². The molecule has 1 aromatic rings. The molecular weight excluding hydrogens is 298 g/mol. The van der Waals surface area contributed by atoms with Crippen LogP contribution in [0.5, 0.6) is 0 Å². The van der Waals surface area contributed by atoms with E-state index in [4.69, 9.17) is 4.74 Å². The minimum atomic E-state index is -0.298. The van der Waals surface area contributed by atoms with Gasteiger partial charge in [-0.3, -0.25) is 4.79 Å². The molecule has 0 radical (unpaired) electrons. The number of thiophene rings is 1. The number of hydrogen-bond donors (Lipinski definition) is 1. The van der Waals surface area contributed by atoms with Crippen LogP contribution in [0.4, 0.5) is 5.00 Å². The Morgan fingerprint density at radius 3 is 2.64 bits per heavy atom. The van der Waals surface area contributed by atoms with E-state index in [0.29, 0.717) is 16.5 Å². The molecule has 1 amide bonds. The molecule has 1 saturated carbocycles. The maximum Gasteiger partial charge on any atom is 0.341 e. The Labute approximate surface area is 135 Å². The van der Waals surface area contributed by atoms with Gasteiger partial charge in [0.2, 0.25) is 5.91 Å². The lowest BCUT2D eigenvalue weighted by Gasteiger charge is -2.18. The highest BCUT2D eigenvalue weighted by atomic mass is 32.1. The van der Waals surface area contributed by atoms with Crippen molar-refractivity contribution in [2.24, 2.45) is 11.8 Å². The number of amides is 1. The van der Waals surface area contributed by atoms with Gasteiger partial charge in [-0.05, 0) is 57.4 Å². The molecule has 2 aliphatic rings. The highest BCUT2D eigenvalue weighted by molar-refractivity contribution is 7.17. The molecule has 1 heterocycles. The van der Waals surface area contributed by atoms with Crippen molar-refractivity contribution in [2.75, 3.05) is 5.32 Å². The molecule has 2 aliphatic carbocycles. The second-order valence-corrected chi connectivity index (χ2v) is 7.88. The molecular formula is C17H23NO3S. The molecule has 4 nitrogen and oxygen atoms in total. The van der Waals surface area contributed by atoms with Gasteiger partial charge in [-0.15, -0.1) is 11.3 Å². The summed E-state index contributed by atoms with van der Waals surface area (Å²) in [5.74, 6) is 0.512. The van der Waals surface area contributed by atoms with E-state index in [1.54, 1.807) is 11.3 Å². The zero-order chi connectivity index (χ0) is 15.9. The van der Waals surface area contributed by atoms with Crippen molar-refractivity contribution in [2.45, 2.75) is 59.0 Å². The Kier molecular flexibility index (Phi) is 4.26. The normalized spacial score (nSPS) is 20.6. The highest BCUT2D eigenvalue weighted by Crippen LogP contribution is 2.41. The number of hydrogen-bond acceptors (Lipinski definition) is 4. The van der Waals surface area contributed by atoms with Gasteiger partial charge in [0.25, 0.3) is 0 Å². The summed E-state index contributed by atoms with van der Waals surface area (Å²) in [7, 11) is 0. The number of ether oxygens (including phenoxy) is 1. The predicted octanol–water partition coefficient (Wildman–Crippen LogP) is 3.79.